The van der Waals surface area contributed by atoms with Crippen LogP contribution in [0.5, 0.6) is 0 Å². The Morgan fingerprint density at radius 2 is 2.07 bits per heavy atom. The minimum Gasteiger partial charge on any atom is -0.511 e. The summed E-state index contributed by atoms with van der Waals surface area (Å²) >= 11 is 5.81. The molecule has 1 aromatic rings. The van der Waals surface area contributed by atoms with Crippen LogP contribution in [0.1, 0.15) is 17.5 Å². The van der Waals surface area contributed by atoms with Gasteiger partial charge in [0.1, 0.15) is 11.3 Å². The molecule has 0 radical (unpaired) electrons. The molecular formula is C11H9ClO3. The van der Waals surface area contributed by atoms with Crippen molar-refractivity contribution in [3.63, 3.8) is 0 Å². The van der Waals surface area contributed by atoms with E-state index >= 15 is 0 Å². The molecule has 0 unspecified atom stereocenters. The SMILES string of the molecule is O=C(O)C1=C(O)CCc2cc(Cl)ccc21. The average molecular weight is 225 g/mol. The molecule has 0 saturated carbocycles. The first-order chi connectivity index (χ1) is 7.09. The molecule has 3 nitrogen and oxygen atoms in total. The second-order valence-electron chi connectivity index (χ2n) is 3.43. The van der Waals surface area contributed by atoms with E-state index in [9.17, 15) is 9.90 Å². The summed E-state index contributed by atoms with van der Waals surface area (Å²) in [5.41, 5.74) is 1.43. The summed E-state index contributed by atoms with van der Waals surface area (Å²) in [5, 5.41) is 19.1. The zero-order valence-corrected chi connectivity index (χ0v) is 8.58. The Labute approximate surface area is 91.6 Å². The number of carboxylic acid groups (broad SMARTS) is 1. The second-order valence-corrected chi connectivity index (χ2v) is 3.86. The highest BCUT2D eigenvalue weighted by Gasteiger charge is 2.23. The zero-order valence-electron chi connectivity index (χ0n) is 7.83. The molecule has 0 aromatic heterocycles. The maximum Gasteiger partial charge on any atom is 0.339 e. The predicted molar refractivity (Wildman–Crippen MR) is 57.0 cm³/mol. The fraction of sp³-hybridized carbons (Fsp3) is 0.182. The van der Waals surface area contributed by atoms with Crippen LogP contribution < -0.4 is 0 Å². The summed E-state index contributed by atoms with van der Waals surface area (Å²) in [7, 11) is 0. The van der Waals surface area contributed by atoms with Crippen LogP contribution in [0.3, 0.4) is 0 Å². The van der Waals surface area contributed by atoms with E-state index in [0.717, 1.165) is 5.56 Å². The molecule has 4 heteroatoms. The first-order valence-electron chi connectivity index (χ1n) is 4.54. The molecule has 0 atom stereocenters. The van der Waals surface area contributed by atoms with Gasteiger partial charge in [-0.25, -0.2) is 4.79 Å². The lowest BCUT2D eigenvalue weighted by Crippen LogP contribution is -2.11. The number of hydrogen-bond donors (Lipinski definition) is 2. The van der Waals surface area contributed by atoms with E-state index in [0.29, 0.717) is 23.4 Å². The van der Waals surface area contributed by atoms with Crippen LogP contribution in [-0.2, 0) is 11.2 Å². The first-order valence-corrected chi connectivity index (χ1v) is 4.91. The van der Waals surface area contributed by atoms with E-state index in [1.165, 1.54) is 0 Å². The number of allylic oxidation sites excluding steroid dienone is 1. The fourth-order valence-electron chi connectivity index (χ4n) is 1.79. The normalized spacial score (nSPS) is 15.0. The van der Waals surface area contributed by atoms with Gasteiger partial charge in [-0.3, -0.25) is 0 Å². The Kier molecular flexibility index (Phi) is 2.40. The first kappa shape index (κ1) is 10.1. The highest BCUT2D eigenvalue weighted by Crippen LogP contribution is 2.31. The van der Waals surface area contributed by atoms with Gasteiger partial charge in [0.25, 0.3) is 0 Å². The van der Waals surface area contributed by atoms with Crippen molar-refractivity contribution in [2.45, 2.75) is 12.8 Å². The van der Waals surface area contributed by atoms with Crippen molar-refractivity contribution in [1.82, 2.24) is 0 Å². The zero-order chi connectivity index (χ0) is 11.0. The van der Waals surface area contributed by atoms with Crippen LogP contribution in [-0.4, -0.2) is 16.2 Å². The number of rotatable bonds is 1. The van der Waals surface area contributed by atoms with Crippen molar-refractivity contribution >= 4 is 23.1 Å². The lowest BCUT2D eigenvalue weighted by Gasteiger charge is -2.17. The minimum atomic E-state index is -1.10. The van der Waals surface area contributed by atoms with Crippen LogP contribution >= 0.6 is 11.6 Å². The van der Waals surface area contributed by atoms with Crippen LogP contribution in [0, 0.1) is 0 Å². The average Bonchev–Trinajstić information content (AvgIpc) is 2.17. The van der Waals surface area contributed by atoms with Gasteiger partial charge in [-0.05, 0) is 29.7 Å². The van der Waals surface area contributed by atoms with Gasteiger partial charge in [-0.1, -0.05) is 17.7 Å². The van der Waals surface area contributed by atoms with Gasteiger partial charge in [-0.15, -0.1) is 0 Å². The van der Waals surface area contributed by atoms with Crippen LogP contribution in [0.25, 0.3) is 5.57 Å². The molecule has 78 valence electrons. The van der Waals surface area contributed by atoms with Gasteiger partial charge in [0.2, 0.25) is 0 Å². The van der Waals surface area contributed by atoms with E-state index in [-0.39, 0.29) is 11.3 Å². The van der Waals surface area contributed by atoms with Crippen molar-refractivity contribution in [2.75, 3.05) is 0 Å². The van der Waals surface area contributed by atoms with Crippen molar-refractivity contribution in [3.8, 4) is 0 Å². The standard InChI is InChI=1S/C11H9ClO3/c12-7-2-3-8-6(5-7)1-4-9(13)10(8)11(14)15/h2-3,5,13H,1,4H2,(H,14,15). The Hall–Kier alpha value is -1.48. The largest absolute Gasteiger partial charge is 0.511 e. The van der Waals surface area contributed by atoms with Crippen molar-refractivity contribution in [1.29, 1.82) is 0 Å². The van der Waals surface area contributed by atoms with E-state index in [1.807, 2.05) is 0 Å². The van der Waals surface area contributed by atoms with E-state index in [2.05, 4.69) is 0 Å². The summed E-state index contributed by atoms with van der Waals surface area (Å²) in [6.45, 7) is 0. The third-order valence-electron chi connectivity index (χ3n) is 2.47. The molecule has 0 saturated heterocycles. The molecule has 0 heterocycles. The number of carboxylic acids is 1. The smallest absolute Gasteiger partial charge is 0.339 e. The number of aliphatic hydroxyl groups is 1. The minimum absolute atomic E-state index is 0.00656. The number of aliphatic hydroxyl groups excluding tert-OH is 1. The second kappa shape index (κ2) is 3.59. The molecule has 2 N–H and O–H groups in total. The molecular weight excluding hydrogens is 216 g/mol. The topological polar surface area (TPSA) is 57.5 Å². The van der Waals surface area contributed by atoms with Gasteiger partial charge in [0, 0.05) is 11.4 Å². The molecule has 0 fully saturated rings. The number of benzene rings is 1. The fourth-order valence-corrected chi connectivity index (χ4v) is 1.98. The van der Waals surface area contributed by atoms with E-state index in [4.69, 9.17) is 16.7 Å². The maximum absolute atomic E-state index is 11.0. The molecule has 0 spiro atoms. The molecule has 0 bridgehead atoms. The molecule has 1 aromatic carbocycles. The molecule has 1 aliphatic carbocycles. The number of halogens is 1. The molecule has 2 rings (SSSR count). The Morgan fingerprint density at radius 3 is 2.73 bits per heavy atom. The van der Waals surface area contributed by atoms with Gasteiger partial charge < -0.3 is 10.2 Å². The lowest BCUT2D eigenvalue weighted by molar-refractivity contribution is -0.130. The number of aliphatic carboxylic acids is 1. The van der Waals surface area contributed by atoms with Crippen molar-refractivity contribution < 1.29 is 15.0 Å². The summed E-state index contributed by atoms with van der Waals surface area (Å²) < 4.78 is 0. The van der Waals surface area contributed by atoms with Crippen LogP contribution in [0.4, 0.5) is 0 Å². The Morgan fingerprint density at radius 1 is 1.33 bits per heavy atom. The van der Waals surface area contributed by atoms with Crippen LogP contribution in [0.15, 0.2) is 24.0 Å². The van der Waals surface area contributed by atoms with Gasteiger partial charge >= 0.3 is 5.97 Å². The van der Waals surface area contributed by atoms with Crippen LogP contribution in [0.2, 0.25) is 5.02 Å². The third-order valence-corrected chi connectivity index (χ3v) is 2.71. The third kappa shape index (κ3) is 1.70. The highest BCUT2D eigenvalue weighted by atomic mass is 35.5. The molecule has 15 heavy (non-hydrogen) atoms. The number of hydrogen-bond acceptors (Lipinski definition) is 2. The van der Waals surface area contributed by atoms with Gasteiger partial charge in [-0.2, -0.15) is 0 Å². The highest BCUT2D eigenvalue weighted by molar-refractivity contribution is 6.30. The van der Waals surface area contributed by atoms with E-state index < -0.39 is 5.97 Å². The van der Waals surface area contributed by atoms with Gasteiger partial charge in [0.05, 0.1) is 0 Å². The number of carbonyl (C=O) groups is 1. The number of aryl methyl sites for hydroxylation is 1. The van der Waals surface area contributed by atoms with Gasteiger partial charge in [0.15, 0.2) is 0 Å². The quantitative estimate of drug-likeness (QED) is 0.771. The Balaban J connectivity index is 2.62. The maximum atomic E-state index is 11.0. The summed E-state index contributed by atoms with van der Waals surface area (Å²) in [6, 6.07) is 5.00. The van der Waals surface area contributed by atoms with Crippen molar-refractivity contribution in [3.05, 3.63) is 40.1 Å². The molecule has 0 amide bonds. The number of fused-ring (bicyclic) bond motifs is 1. The van der Waals surface area contributed by atoms with Crippen molar-refractivity contribution in [2.24, 2.45) is 0 Å². The lowest BCUT2D eigenvalue weighted by atomic mass is 9.89. The summed E-state index contributed by atoms with van der Waals surface area (Å²) in [6.07, 6.45) is 0.980. The summed E-state index contributed by atoms with van der Waals surface area (Å²) in [4.78, 5) is 11.0. The predicted octanol–water partition coefficient (Wildman–Crippen LogP) is 2.64. The molecule has 1 aliphatic rings. The summed E-state index contributed by atoms with van der Waals surface area (Å²) in [5.74, 6) is -1.16. The molecule has 0 aliphatic heterocycles. The Bertz CT molecular complexity index is 463. The van der Waals surface area contributed by atoms with E-state index in [1.54, 1.807) is 18.2 Å². The monoisotopic (exact) mass is 224 g/mol.